The van der Waals surface area contributed by atoms with Crippen molar-refractivity contribution in [3.8, 4) is 0 Å². The first-order valence-electron chi connectivity index (χ1n) is 7.57. The Morgan fingerprint density at radius 2 is 2.15 bits per heavy atom. The van der Waals surface area contributed by atoms with Gasteiger partial charge >= 0.3 is 0 Å². The molecule has 1 aliphatic carbocycles. The van der Waals surface area contributed by atoms with Crippen molar-refractivity contribution in [2.45, 2.75) is 65.0 Å². The first-order valence-corrected chi connectivity index (χ1v) is 7.57. The summed E-state index contributed by atoms with van der Waals surface area (Å²) in [6.45, 7) is 7.34. The molecule has 5 nitrogen and oxygen atoms in total. The van der Waals surface area contributed by atoms with Crippen molar-refractivity contribution in [2.24, 2.45) is 5.73 Å². The molecular weight excluding hydrogens is 252 g/mol. The maximum atomic E-state index is 11.9. The molecule has 20 heavy (non-hydrogen) atoms. The average molecular weight is 278 g/mol. The zero-order valence-corrected chi connectivity index (χ0v) is 12.8. The minimum absolute atomic E-state index is 0.302. The van der Waals surface area contributed by atoms with Crippen molar-refractivity contribution in [1.82, 2.24) is 14.9 Å². The second-order valence-corrected chi connectivity index (χ2v) is 5.97. The molecule has 1 aromatic heterocycles. The zero-order chi connectivity index (χ0) is 14.8. The van der Waals surface area contributed by atoms with Crippen LogP contribution in [0.4, 0.5) is 0 Å². The van der Waals surface area contributed by atoms with E-state index in [0.717, 1.165) is 31.6 Å². The molecule has 1 heterocycles. The Morgan fingerprint density at radius 1 is 1.45 bits per heavy atom. The Hall–Kier alpha value is -1.36. The minimum Gasteiger partial charge on any atom is -0.368 e. The second kappa shape index (κ2) is 5.95. The smallest absolute Gasteiger partial charge is 0.239 e. The molecular formula is C15H26N4O. The van der Waals surface area contributed by atoms with Crippen LogP contribution in [0.25, 0.3) is 0 Å². The molecule has 0 fully saturated rings. The highest BCUT2D eigenvalue weighted by Crippen LogP contribution is 2.23. The molecule has 1 aromatic rings. The van der Waals surface area contributed by atoms with Crippen LogP contribution in [-0.4, -0.2) is 27.5 Å². The van der Waals surface area contributed by atoms with E-state index >= 15 is 0 Å². The normalized spacial score (nSPS) is 17.6. The van der Waals surface area contributed by atoms with Crippen LogP contribution in [0.2, 0.25) is 0 Å². The highest BCUT2D eigenvalue weighted by atomic mass is 16.1. The van der Waals surface area contributed by atoms with Crippen LogP contribution in [-0.2, 0) is 24.2 Å². The number of hydrogen-bond acceptors (Lipinski definition) is 3. The summed E-state index contributed by atoms with van der Waals surface area (Å²) in [5, 5.41) is 3.29. The predicted molar refractivity (Wildman–Crippen MR) is 79.5 cm³/mol. The highest BCUT2D eigenvalue weighted by Gasteiger charge is 2.33. The SMILES string of the molecule is CCCNC(C)(Cn1c(C)nc2c1CCCC2)C(N)=O. The van der Waals surface area contributed by atoms with Gasteiger partial charge in [0.2, 0.25) is 5.91 Å². The number of carbonyl (C=O) groups is 1. The Morgan fingerprint density at radius 3 is 2.80 bits per heavy atom. The quantitative estimate of drug-likeness (QED) is 0.824. The average Bonchev–Trinajstić information content (AvgIpc) is 2.73. The summed E-state index contributed by atoms with van der Waals surface area (Å²) in [6, 6.07) is 0. The van der Waals surface area contributed by atoms with Crippen molar-refractivity contribution < 1.29 is 4.79 Å². The van der Waals surface area contributed by atoms with E-state index in [1.165, 1.54) is 24.2 Å². The third-order valence-corrected chi connectivity index (χ3v) is 4.21. The number of rotatable bonds is 6. The fourth-order valence-electron chi connectivity index (χ4n) is 2.88. The molecule has 112 valence electrons. The number of amides is 1. The summed E-state index contributed by atoms with van der Waals surface area (Å²) in [5.74, 6) is 0.686. The van der Waals surface area contributed by atoms with Crippen LogP contribution >= 0.6 is 0 Å². The zero-order valence-electron chi connectivity index (χ0n) is 12.8. The van der Waals surface area contributed by atoms with Gasteiger partial charge in [0.1, 0.15) is 11.4 Å². The molecule has 0 radical (unpaired) electrons. The lowest BCUT2D eigenvalue weighted by Gasteiger charge is -2.29. The monoisotopic (exact) mass is 278 g/mol. The second-order valence-electron chi connectivity index (χ2n) is 5.97. The largest absolute Gasteiger partial charge is 0.368 e. The van der Waals surface area contributed by atoms with E-state index in [2.05, 4.69) is 21.8 Å². The van der Waals surface area contributed by atoms with Gasteiger partial charge in [0, 0.05) is 5.69 Å². The third-order valence-electron chi connectivity index (χ3n) is 4.21. The first kappa shape index (κ1) is 15.0. The van der Waals surface area contributed by atoms with Gasteiger partial charge < -0.3 is 15.6 Å². The van der Waals surface area contributed by atoms with Crippen molar-refractivity contribution in [1.29, 1.82) is 0 Å². The van der Waals surface area contributed by atoms with Crippen molar-refractivity contribution >= 4 is 5.91 Å². The maximum Gasteiger partial charge on any atom is 0.239 e. The molecule has 1 amide bonds. The summed E-state index contributed by atoms with van der Waals surface area (Å²) < 4.78 is 2.18. The van der Waals surface area contributed by atoms with E-state index < -0.39 is 5.54 Å². The van der Waals surface area contributed by atoms with Crippen LogP contribution in [0.15, 0.2) is 0 Å². The van der Waals surface area contributed by atoms with Crippen LogP contribution < -0.4 is 11.1 Å². The van der Waals surface area contributed by atoms with E-state index in [1.807, 2.05) is 13.8 Å². The molecule has 2 rings (SSSR count). The fourth-order valence-corrected chi connectivity index (χ4v) is 2.88. The number of fused-ring (bicyclic) bond motifs is 1. The Bertz CT molecular complexity index is 494. The van der Waals surface area contributed by atoms with Crippen LogP contribution in [0.5, 0.6) is 0 Å². The van der Waals surface area contributed by atoms with Gasteiger partial charge in [-0.3, -0.25) is 4.79 Å². The van der Waals surface area contributed by atoms with Crippen molar-refractivity contribution in [3.63, 3.8) is 0 Å². The molecule has 0 saturated carbocycles. The molecule has 1 unspecified atom stereocenters. The Balaban J connectivity index is 2.27. The lowest BCUT2D eigenvalue weighted by Crippen LogP contribution is -2.56. The van der Waals surface area contributed by atoms with Crippen LogP contribution in [0.1, 0.15) is 50.3 Å². The summed E-state index contributed by atoms with van der Waals surface area (Å²) in [5.41, 5.74) is 7.40. The molecule has 0 saturated heterocycles. The first-order chi connectivity index (χ1) is 9.48. The van der Waals surface area contributed by atoms with Gasteiger partial charge in [-0.05, 0) is 52.5 Å². The van der Waals surface area contributed by atoms with E-state index in [-0.39, 0.29) is 5.91 Å². The molecule has 5 heteroatoms. The van der Waals surface area contributed by atoms with Gasteiger partial charge in [-0.1, -0.05) is 6.92 Å². The van der Waals surface area contributed by atoms with Gasteiger partial charge in [-0.15, -0.1) is 0 Å². The number of imidazole rings is 1. The number of nitrogens with two attached hydrogens (primary N) is 1. The number of nitrogens with zero attached hydrogens (tertiary/aromatic N) is 2. The topological polar surface area (TPSA) is 72.9 Å². The molecule has 0 spiro atoms. The number of nitrogens with one attached hydrogen (secondary N) is 1. The van der Waals surface area contributed by atoms with E-state index in [9.17, 15) is 4.79 Å². The molecule has 0 aromatic carbocycles. The van der Waals surface area contributed by atoms with Crippen LogP contribution in [0.3, 0.4) is 0 Å². The summed E-state index contributed by atoms with van der Waals surface area (Å²) >= 11 is 0. The van der Waals surface area contributed by atoms with Gasteiger partial charge in [0.25, 0.3) is 0 Å². The standard InChI is InChI=1S/C15H26N4O/c1-4-9-17-15(3,14(16)20)10-19-11(2)18-12-7-5-6-8-13(12)19/h17H,4-10H2,1-3H3,(H2,16,20). The van der Waals surface area contributed by atoms with Crippen molar-refractivity contribution in [2.75, 3.05) is 6.54 Å². The Labute approximate surface area is 120 Å². The molecule has 0 aliphatic heterocycles. The van der Waals surface area contributed by atoms with Gasteiger partial charge in [0.05, 0.1) is 12.2 Å². The number of primary amides is 1. The minimum atomic E-state index is -0.716. The summed E-state index contributed by atoms with van der Waals surface area (Å²) in [4.78, 5) is 16.5. The third kappa shape index (κ3) is 2.87. The number of aromatic nitrogens is 2. The van der Waals surface area contributed by atoms with Gasteiger partial charge in [0.15, 0.2) is 0 Å². The molecule has 3 N–H and O–H groups in total. The van der Waals surface area contributed by atoms with Crippen LogP contribution in [0, 0.1) is 6.92 Å². The maximum absolute atomic E-state index is 11.9. The number of aryl methyl sites for hydroxylation is 2. The highest BCUT2D eigenvalue weighted by molar-refractivity contribution is 5.84. The number of hydrogen-bond donors (Lipinski definition) is 2. The summed E-state index contributed by atoms with van der Waals surface area (Å²) in [6.07, 6.45) is 5.50. The predicted octanol–water partition coefficient (Wildman–Crippen LogP) is 1.31. The van der Waals surface area contributed by atoms with Gasteiger partial charge in [-0.2, -0.15) is 0 Å². The van der Waals surface area contributed by atoms with Crippen molar-refractivity contribution in [3.05, 3.63) is 17.2 Å². The lowest BCUT2D eigenvalue weighted by atomic mass is 9.98. The molecule has 1 atom stereocenters. The number of carbonyl (C=O) groups excluding carboxylic acids is 1. The summed E-state index contributed by atoms with van der Waals surface area (Å²) in [7, 11) is 0. The van der Waals surface area contributed by atoms with E-state index in [1.54, 1.807) is 0 Å². The molecule has 0 bridgehead atoms. The lowest BCUT2D eigenvalue weighted by molar-refractivity contribution is -0.124. The Kier molecular flexibility index (Phi) is 4.48. The molecule has 1 aliphatic rings. The van der Waals surface area contributed by atoms with E-state index in [4.69, 9.17) is 5.73 Å². The van der Waals surface area contributed by atoms with E-state index in [0.29, 0.717) is 6.54 Å². The fraction of sp³-hybridized carbons (Fsp3) is 0.733. The van der Waals surface area contributed by atoms with Gasteiger partial charge in [-0.25, -0.2) is 4.98 Å².